The lowest BCUT2D eigenvalue weighted by atomic mass is 9.74. The number of rotatable bonds is 6. The van der Waals surface area contributed by atoms with Crippen LogP contribution in [-0.4, -0.2) is 152 Å². The number of hydrogen-bond acceptors (Lipinski definition) is 16. The van der Waals surface area contributed by atoms with Crippen molar-refractivity contribution in [3.8, 4) is 0 Å². The van der Waals surface area contributed by atoms with E-state index in [2.05, 4.69) is 0 Å². The maximum atomic E-state index is 11.1. The molecule has 18 nitrogen and oxygen atoms in total. The predicted octanol–water partition coefficient (Wildman–Crippen LogP) is -7.28. The molecule has 0 amide bonds. The van der Waals surface area contributed by atoms with Crippen molar-refractivity contribution in [3.63, 3.8) is 0 Å². The molecule has 0 bridgehead atoms. The first-order valence-corrected chi connectivity index (χ1v) is 13.2. The molecule has 0 aromatic rings. The highest BCUT2D eigenvalue weighted by molar-refractivity contribution is 7.79. The van der Waals surface area contributed by atoms with Gasteiger partial charge in [-0.2, -0.15) is 8.42 Å². The van der Waals surface area contributed by atoms with Gasteiger partial charge in [0.25, 0.3) is 0 Å². The number of hydrogen-bond donors (Lipinski definition) is 13. The monoisotopic (exact) mass is 580 g/mol. The van der Waals surface area contributed by atoms with Gasteiger partial charge in [-0.25, -0.2) is 0 Å². The normalized spacial score (nSPS) is 48.2. The topological polar surface area (TPSA) is 348 Å². The summed E-state index contributed by atoms with van der Waals surface area (Å²) in [6, 6.07) is -2.43. The average Bonchev–Trinajstić information content (AvgIpc) is 2.83. The quantitative estimate of drug-likeness (QED) is 0.130. The van der Waals surface area contributed by atoms with Crippen molar-refractivity contribution in [2.24, 2.45) is 28.9 Å². The molecule has 3 aliphatic rings. The van der Waals surface area contributed by atoms with Crippen LogP contribution in [-0.2, 0) is 24.6 Å². The summed E-state index contributed by atoms with van der Waals surface area (Å²) in [5.41, 5.74) is 23.8. The Kier molecular flexibility index (Phi) is 12.2. The summed E-state index contributed by atoms with van der Waals surface area (Å²) in [6.07, 6.45) is -13.7. The van der Waals surface area contributed by atoms with Gasteiger partial charge in [0.2, 0.25) is 0 Å². The van der Waals surface area contributed by atoms with Gasteiger partial charge >= 0.3 is 10.4 Å². The van der Waals surface area contributed by atoms with Gasteiger partial charge in [-0.1, -0.05) is 0 Å². The molecular formula is C19H40N4O14S. The zero-order valence-corrected chi connectivity index (χ0v) is 21.1. The van der Waals surface area contributed by atoms with Crippen LogP contribution in [0.3, 0.4) is 0 Å². The summed E-state index contributed by atoms with van der Waals surface area (Å²) in [6.45, 7) is -0.659. The van der Waals surface area contributed by atoms with Crippen LogP contribution in [0.1, 0.15) is 12.8 Å². The third kappa shape index (κ3) is 8.17. The molecule has 19 heteroatoms. The number of aliphatic hydroxyl groups is 7. The fourth-order valence-corrected chi connectivity index (χ4v) is 4.95. The molecule has 2 aliphatic heterocycles. The lowest BCUT2D eigenvalue weighted by molar-refractivity contribution is -0.317. The lowest BCUT2D eigenvalue weighted by Gasteiger charge is -2.48. The Morgan fingerprint density at radius 3 is 1.84 bits per heavy atom. The Hall–Kier alpha value is -0.690. The predicted molar refractivity (Wildman–Crippen MR) is 125 cm³/mol. The Balaban J connectivity index is 0.000000926. The van der Waals surface area contributed by atoms with Crippen molar-refractivity contribution < 1.29 is 67.5 Å². The second-order valence-electron chi connectivity index (χ2n) is 9.71. The van der Waals surface area contributed by atoms with Gasteiger partial charge in [-0.3, -0.25) is 9.11 Å². The van der Waals surface area contributed by atoms with E-state index in [0.29, 0.717) is 0 Å². The van der Waals surface area contributed by atoms with E-state index in [0.717, 1.165) is 0 Å². The second-order valence-corrected chi connectivity index (χ2v) is 10.6. The highest BCUT2D eigenvalue weighted by Gasteiger charge is 2.50. The molecule has 38 heavy (non-hydrogen) atoms. The molecule has 1 saturated carbocycles. The molecule has 3 fully saturated rings. The van der Waals surface area contributed by atoms with Crippen LogP contribution in [0.5, 0.6) is 0 Å². The van der Waals surface area contributed by atoms with Crippen LogP contribution in [0.4, 0.5) is 0 Å². The van der Waals surface area contributed by atoms with Gasteiger partial charge < -0.3 is 72.9 Å². The van der Waals surface area contributed by atoms with E-state index >= 15 is 0 Å². The number of ether oxygens (including phenoxy) is 3. The number of aliphatic hydroxyl groups excluding tert-OH is 7. The van der Waals surface area contributed by atoms with E-state index < -0.39 is 108 Å². The smallest absolute Gasteiger partial charge is 0.394 e. The van der Waals surface area contributed by atoms with Crippen molar-refractivity contribution in [1.82, 2.24) is 0 Å². The molecule has 0 aromatic heterocycles. The van der Waals surface area contributed by atoms with Gasteiger partial charge in [0.1, 0.15) is 42.7 Å². The molecule has 17 N–H and O–H groups in total. The fourth-order valence-electron chi connectivity index (χ4n) is 4.95. The van der Waals surface area contributed by atoms with E-state index in [-0.39, 0.29) is 19.4 Å². The van der Waals surface area contributed by atoms with E-state index in [4.69, 9.17) is 54.7 Å². The third-order valence-corrected chi connectivity index (χ3v) is 7.07. The summed E-state index contributed by atoms with van der Waals surface area (Å²) in [5.74, 6) is -0.696. The van der Waals surface area contributed by atoms with Crippen LogP contribution in [0.25, 0.3) is 0 Å². The molecule has 2 heterocycles. The van der Waals surface area contributed by atoms with E-state index in [1.165, 1.54) is 0 Å². The maximum absolute atomic E-state index is 11.1. The van der Waals surface area contributed by atoms with Gasteiger partial charge in [-0.05, 0) is 12.8 Å². The van der Waals surface area contributed by atoms with E-state index in [1.54, 1.807) is 0 Å². The first-order valence-electron chi connectivity index (χ1n) is 11.8. The zero-order chi connectivity index (χ0) is 29.1. The summed E-state index contributed by atoms with van der Waals surface area (Å²) in [5, 5.41) is 71.3. The Morgan fingerprint density at radius 1 is 0.763 bits per heavy atom. The Bertz CT molecular complexity index is 782. The van der Waals surface area contributed by atoms with Crippen molar-refractivity contribution in [2.45, 2.75) is 98.3 Å². The van der Waals surface area contributed by atoms with Gasteiger partial charge in [-0.15, -0.1) is 0 Å². The summed E-state index contributed by atoms with van der Waals surface area (Å²) in [7, 11) is -4.67. The minimum atomic E-state index is -4.67. The first kappa shape index (κ1) is 33.5. The van der Waals surface area contributed by atoms with E-state index in [9.17, 15) is 35.7 Å². The van der Waals surface area contributed by atoms with Gasteiger partial charge in [0.15, 0.2) is 6.29 Å². The fraction of sp³-hybridized carbons (Fsp3) is 1.00. The van der Waals surface area contributed by atoms with Gasteiger partial charge in [0, 0.05) is 24.5 Å². The van der Waals surface area contributed by atoms with Crippen LogP contribution in [0.15, 0.2) is 0 Å². The molecule has 0 spiro atoms. The SMILES string of the molecule is NC[C@H]1O[C@H](O[C@H]2[C@H](O)[C@@H](C[C@H]3O[C@H](CO)[C@@H](O)[C@H](N)[C@H]3O)[C@H](N)C[C@@H]2N)[C@H](O)[C@@H](O)[C@@H]1O.O=S(=O)(O)O. The van der Waals surface area contributed by atoms with E-state index in [1.807, 2.05) is 0 Å². The average molecular weight is 581 g/mol. The summed E-state index contributed by atoms with van der Waals surface area (Å²) >= 11 is 0. The molecule has 15 atom stereocenters. The largest absolute Gasteiger partial charge is 0.394 e. The lowest BCUT2D eigenvalue weighted by Crippen LogP contribution is -2.66. The van der Waals surface area contributed by atoms with Crippen molar-refractivity contribution in [3.05, 3.63) is 0 Å². The molecule has 0 radical (unpaired) electrons. The molecule has 2 saturated heterocycles. The second kappa shape index (κ2) is 13.8. The number of nitrogens with two attached hydrogens (primary N) is 4. The Labute approximate surface area is 218 Å². The van der Waals surface area contributed by atoms with Crippen LogP contribution >= 0.6 is 0 Å². The molecular weight excluding hydrogens is 540 g/mol. The Morgan fingerprint density at radius 2 is 1.32 bits per heavy atom. The van der Waals surface area contributed by atoms with Crippen molar-refractivity contribution in [1.29, 1.82) is 0 Å². The highest BCUT2D eigenvalue weighted by atomic mass is 32.3. The first-order chi connectivity index (χ1) is 17.5. The minimum absolute atomic E-state index is 0.0217. The van der Waals surface area contributed by atoms with Crippen molar-refractivity contribution >= 4 is 10.4 Å². The van der Waals surface area contributed by atoms with Crippen LogP contribution < -0.4 is 22.9 Å². The molecule has 226 valence electrons. The minimum Gasteiger partial charge on any atom is -0.394 e. The highest BCUT2D eigenvalue weighted by Crippen LogP contribution is 2.34. The van der Waals surface area contributed by atoms with Crippen LogP contribution in [0.2, 0.25) is 0 Å². The maximum Gasteiger partial charge on any atom is 0.394 e. The molecule has 1 aliphatic carbocycles. The third-order valence-electron chi connectivity index (χ3n) is 7.07. The van der Waals surface area contributed by atoms with Gasteiger partial charge in [0.05, 0.1) is 31.0 Å². The summed E-state index contributed by atoms with van der Waals surface area (Å²) in [4.78, 5) is 0. The standard InChI is InChI=1S/C19H38N4O10.H2O4S/c20-3-9-15(28)16(29)17(30)19(32-9)33-18-7(22)2-6(21)5(12(18)25)1-8-13(26)11(23)14(27)10(4-24)31-8;1-5(2,3)4/h5-19,24-30H,1-4,20-23H2;(H2,1,2,3,4)/t5-,6+,7-,8+,9+,10+,11+,12+,13-,14+,15+,16-,17+,18+,19+;/m0./s1. The zero-order valence-electron chi connectivity index (χ0n) is 20.3. The molecule has 0 unspecified atom stereocenters. The summed E-state index contributed by atoms with van der Waals surface area (Å²) < 4.78 is 48.4. The van der Waals surface area contributed by atoms with Crippen molar-refractivity contribution in [2.75, 3.05) is 13.2 Å². The molecule has 0 aromatic carbocycles. The molecule has 3 rings (SSSR count). The van der Waals surface area contributed by atoms with Crippen LogP contribution in [0, 0.1) is 5.92 Å².